The summed E-state index contributed by atoms with van der Waals surface area (Å²) in [5.74, 6) is 1.57. The highest BCUT2D eigenvalue weighted by Gasteiger charge is 2.27. The maximum Gasteiger partial charge on any atom is 0.227 e. The van der Waals surface area contributed by atoms with Crippen molar-refractivity contribution in [3.63, 3.8) is 0 Å². The van der Waals surface area contributed by atoms with Gasteiger partial charge in [-0.25, -0.2) is 4.98 Å². The van der Waals surface area contributed by atoms with E-state index in [0.29, 0.717) is 30.5 Å². The number of fused-ring (bicyclic) bond motifs is 1. The van der Waals surface area contributed by atoms with Crippen LogP contribution in [0.25, 0.3) is 20.9 Å². The third-order valence-electron chi connectivity index (χ3n) is 5.20. The van der Waals surface area contributed by atoms with E-state index in [2.05, 4.69) is 22.3 Å². The van der Waals surface area contributed by atoms with Crippen LogP contribution in [0, 0.1) is 0 Å². The largest absolute Gasteiger partial charge is 0.342 e. The molecule has 5 rings (SSSR count). The van der Waals surface area contributed by atoms with E-state index in [1.54, 1.807) is 22.7 Å². The number of aryl methyl sites for hydroxylation is 1. The number of thiazole rings is 1. The molecule has 1 aromatic carbocycles. The average Bonchev–Trinajstić information content (AvgIpc) is 3.52. The standard InChI is InChI=1S/C21H20N4O2S2/c26-19(10-9-18-23-20(24-27-18)17-8-4-12-28-17)25-11-3-5-14(13-25)21-22-15-6-1-2-7-16(15)29-21/h1-2,4,6-8,12,14H,3,5,9-11,13H2/t14-/m0/s1. The number of rotatable bonds is 5. The van der Waals surface area contributed by atoms with Gasteiger partial charge in [-0.3, -0.25) is 4.79 Å². The van der Waals surface area contributed by atoms with Gasteiger partial charge >= 0.3 is 0 Å². The summed E-state index contributed by atoms with van der Waals surface area (Å²) in [6, 6.07) is 12.1. The molecule has 0 saturated carbocycles. The van der Waals surface area contributed by atoms with E-state index in [1.807, 2.05) is 34.5 Å². The molecule has 1 atom stereocenters. The van der Waals surface area contributed by atoms with Crippen molar-refractivity contribution in [1.29, 1.82) is 0 Å². The van der Waals surface area contributed by atoms with Gasteiger partial charge in [0.1, 0.15) is 0 Å². The molecule has 0 bridgehead atoms. The molecule has 0 aliphatic carbocycles. The van der Waals surface area contributed by atoms with E-state index >= 15 is 0 Å². The Hall–Kier alpha value is -2.58. The Morgan fingerprint density at radius 1 is 1.21 bits per heavy atom. The molecule has 3 aromatic heterocycles. The monoisotopic (exact) mass is 424 g/mol. The molecule has 8 heteroatoms. The highest BCUT2D eigenvalue weighted by Crippen LogP contribution is 2.33. The zero-order chi connectivity index (χ0) is 19.6. The molecular weight excluding hydrogens is 404 g/mol. The lowest BCUT2D eigenvalue weighted by Gasteiger charge is -2.31. The van der Waals surface area contributed by atoms with Gasteiger partial charge in [0.2, 0.25) is 17.6 Å². The van der Waals surface area contributed by atoms with Gasteiger partial charge in [0.15, 0.2) is 0 Å². The van der Waals surface area contributed by atoms with Crippen LogP contribution in [0.15, 0.2) is 46.3 Å². The number of piperidine rings is 1. The van der Waals surface area contributed by atoms with Crippen molar-refractivity contribution in [1.82, 2.24) is 20.0 Å². The van der Waals surface area contributed by atoms with Crippen LogP contribution in [0.5, 0.6) is 0 Å². The Morgan fingerprint density at radius 2 is 2.14 bits per heavy atom. The zero-order valence-electron chi connectivity index (χ0n) is 15.8. The van der Waals surface area contributed by atoms with E-state index in [9.17, 15) is 4.79 Å². The zero-order valence-corrected chi connectivity index (χ0v) is 17.4. The number of carbonyl (C=O) groups is 1. The van der Waals surface area contributed by atoms with Crippen molar-refractivity contribution < 1.29 is 9.32 Å². The Kier molecular flexibility index (Phi) is 5.12. The summed E-state index contributed by atoms with van der Waals surface area (Å²) in [7, 11) is 0. The molecule has 4 aromatic rings. The third kappa shape index (κ3) is 3.95. The van der Waals surface area contributed by atoms with Crippen molar-refractivity contribution in [3.05, 3.63) is 52.7 Å². The Labute approximate surface area is 176 Å². The van der Waals surface area contributed by atoms with Crippen LogP contribution in [0.3, 0.4) is 0 Å². The summed E-state index contributed by atoms with van der Waals surface area (Å²) in [5.41, 5.74) is 1.05. The topological polar surface area (TPSA) is 72.1 Å². The van der Waals surface area contributed by atoms with Gasteiger partial charge in [-0.05, 0) is 36.4 Å². The van der Waals surface area contributed by atoms with Crippen LogP contribution in [0.2, 0.25) is 0 Å². The van der Waals surface area contributed by atoms with Crippen molar-refractivity contribution >= 4 is 38.8 Å². The number of nitrogens with zero attached hydrogens (tertiary/aromatic N) is 4. The minimum absolute atomic E-state index is 0.145. The number of benzene rings is 1. The molecular formula is C21H20N4O2S2. The lowest BCUT2D eigenvalue weighted by molar-refractivity contribution is -0.132. The molecule has 6 nitrogen and oxygen atoms in total. The lowest BCUT2D eigenvalue weighted by atomic mass is 9.98. The molecule has 1 saturated heterocycles. The first-order valence-electron chi connectivity index (χ1n) is 9.76. The fraction of sp³-hybridized carbons (Fsp3) is 0.333. The van der Waals surface area contributed by atoms with Crippen molar-refractivity contribution in [2.45, 2.75) is 31.6 Å². The summed E-state index contributed by atoms with van der Waals surface area (Å²) in [4.78, 5) is 24.9. The number of aromatic nitrogens is 3. The quantitative estimate of drug-likeness (QED) is 0.462. The second-order valence-electron chi connectivity index (χ2n) is 7.19. The normalized spacial score (nSPS) is 17.1. The molecule has 4 heterocycles. The second-order valence-corrected chi connectivity index (χ2v) is 9.20. The van der Waals surface area contributed by atoms with E-state index in [0.717, 1.165) is 41.3 Å². The van der Waals surface area contributed by atoms with Crippen LogP contribution in [0.4, 0.5) is 0 Å². The van der Waals surface area contributed by atoms with Crippen LogP contribution >= 0.6 is 22.7 Å². The number of hydrogen-bond donors (Lipinski definition) is 0. The molecule has 1 fully saturated rings. The molecule has 0 radical (unpaired) electrons. The molecule has 1 aliphatic rings. The maximum absolute atomic E-state index is 12.8. The third-order valence-corrected chi connectivity index (χ3v) is 7.26. The van der Waals surface area contributed by atoms with Crippen molar-refractivity contribution in [2.24, 2.45) is 0 Å². The van der Waals surface area contributed by atoms with E-state index < -0.39 is 0 Å². The predicted octanol–water partition coefficient (Wildman–Crippen LogP) is 4.75. The number of amides is 1. The molecule has 1 amide bonds. The van der Waals surface area contributed by atoms with Crippen LogP contribution in [-0.4, -0.2) is 39.0 Å². The summed E-state index contributed by atoms with van der Waals surface area (Å²) >= 11 is 3.32. The van der Waals surface area contributed by atoms with Crippen LogP contribution in [0.1, 0.15) is 36.1 Å². The smallest absolute Gasteiger partial charge is 0.227 e. The van der Waals surface area contributed by atoms with Gasteiger partial charge in [0.25, 0.3) is 0 Å². The number of carbonyl (C=O) groups excluding carboxylic acids is 1. The minimum Gasteiger partial charge on any atom is -0.342 e. The van der Waals surface area contributed by atoms with Gasteiger partial charge in [0, 0.05) is 31.8 Å². The van der Waals surface area contributed by atoms with E-state index in [-0.39, 0.29) is 5.91 Å². The predicted molar refractivity (Wildman–Crippen MR) is 114 cm³/mol. The first-order valence-corrected chi connectivity index (χ1v) is 11.5. The Morgan fingerprint density at radius 3 is 3.00 bits per heavy atom. The van der Waals surface area contributed by atoms with Crippen molar-refractivity contribution in [2.75, 3.05) is 13.1 Å². The summed E-state index contributed by atoms with van der Waals surface area (Å²) in [5, 5.41) is 7.13. The molecule has 29 heavy (non-hydrogen) atoms. The molecule has 0 N–H and O–H groups in total. The molecule has 148 valence electrons. The van der Waals surface area contributed by atoms with Crippen LogP contribution in [-0.2, 0) is 11.2 Å². The highest BCUT2D eigenvalue weighted by molar-refractivity contribution is 7.18. The van der Waals surface area contributed by atoms with E-state index in [4.69, 9.17) is 9.51 Å². The summed E-state index contributed by atoms with van der Waals surface area (Å²) in [6.07, 6.45) is 2.95. The molecule has 1 aliphatic heterocycles. The Balaban J connectivity index is 1.21. The number of likely N-dealkylation sites (tertiary alicyclic amines) is 1. The van der Waals surface area contributed by atoms with Crippen molar-refractivity contribution in [3.8, 4) is 10.7 Å². The maximum atomic E-state index is 12.8. The second kappa shape index (κ2) is 8.04. The van der Waals surface area contributed by atoms with Gasteiger partial charge < -0.3 is 9.42 Å². The first-order chi connectivity index (χ1) is 14.3. The fourth-order valence-electron chi connectivity index (χ4n) is 3.70. The fourth-order valence-corrected chi connectivity index (χ4v) is 5.45. The number of thiophene rings is 1. The molecule has 0 unspecified atom stereocenters. The van der Waals surface area contributed by atoms with Gasteiger partial charge in [-0.1, -0.05) is 23.4 Å². The van der Waals surface area contributed by atoms with Gasteiger partial charge in [0.05, 0.1) is 20.1 Å². The SMILES string of the molecule is O=C(CCc1nc(-c2cccs2)no1)N1CCC[C@H](c2nc3ccccc3s2)C1. The summed E-state index contributed by atoms with van der Waals surface area (Å²) in [6.45, 7) is 1.55. The number of hydrogen-bond acceptors (Lipinski definition) is 7. The lowest BCUT2D eigenvalue weighted by Crippen LogP contribution is -2.39. The van der Waals surface area contributed by atoms with E-state index in [1.165, 1.54) is 4.70 Å². The highest BCUT2D eigenvalue weighted by atomic mass is 32.1. The first kappa shape index (κ1) is 18.4. The van der Waals surface area contributed by atoms with Crippen LogP contribution < -0.4 is 0 Å². The number of para-hydroxylation sites is 1. The summed E-state index contributed by atoms with van der Waals surface area (Å²) < 4.78 is 6.53. The molecule has 0 spiro atoms. The Bertz CT molecular complexity index is 1090. The minimum atomic E-state index is 0.145. The van der Waals surface area contributed by atoms with Gasteiger partial charge in [-0.15, -0.1) is 22.7 Å². The average molecular weight is 425 g/mol. The van der Waals surface area contributed by atoms with Gasteiger partial charge in [-0.2, -0.15) is 4.98 Å².